The number of halogens is 3. The van der Waals surface area contributed by atoms with Crippen molar-refractivity contribution in [3.8, 4) is 0 Å². The predicted molar refractivity (Wildman–Crippen MR) is 143 cm³/mol. The van der Waals surface area contributed by atoms with E-state index in [0.29, 0.717) is 48.4 Å². The number of anilines is 1. The summed E-state index contributed by atoms with van der Waals surface area (Å²) in [5.41, 5.74) is -1.97. The number of hydrogen-bond acceptors (Lipinski definition) is 4. The SMILES string of the molecule is O=C(NC12CC(C(=O)O)(C1)C2)[C@@H]1NC2(CCCCC2)[C@@]2(C(=O)Nc3cc(Cl)ccc32)[C@H]1c1cccc(Cl)c1F. The lowest BCUT2D eigenvalue weighted by atomic mass is 9.39. The van der Waals surface area contributed by atoms with E-state index in [4.69, 9.17) is 23.2 Å². The summed E-state index contributed by atoms with van der Waals surface area (Å²) in [5, 5.41) is 19.7. The van der Waals surface area contributed by atoms with Crippen LogP contribution < -0.4 is 16.0 Å². The summed E-state index contributed by atoms with van der Waals surface area (Å²) in [4.78, 5) is 40.1. The van der Waals surface area contributed by atoms with Gasteiger partial charge in [-0.1, -0.05) is 60.7 Å². The molecular weight excluding hydrogens is 544 g/mol. The van der Waals surface area contributed by atoms with Gasteiger partial charge < -0.3 is 15.7 Å². The van der Waals surface area contributed by atoms with Crippen molar-refractivity contribution in [2.75, 3.05) is 5.32 Å². The Balaban J connectivity index is 1.39. The summed E-state index contributed by atoms with van der Waals surface area (Å²) in [7, 11) is 0. The molecule has 2 aromatic carbocycles. The smallest absolute Gasteiger partial charge is 0.309 e. The maximum Gasteiger partial charge on any atom is 0.309 e. The average molecular weight is 572 g/mol. The molecule has 6 aliphatic rings. The average Bonchev–Trinajstić information content (AvgIpc) is 3.30. The van der Waals surface area contributed by atoms with Gasteiger partial charge in [0, 0.05) is 27.7 Å². The molecule has 204 valence electrons. The number of rotatable bonds is 4. The van der Waals surface area contributed by atoms with Crippen LogP contribution in [0.1, 0.15) is 68.4 Å². The highest BCUT2D eigenvalue weighted by molar-refractivity contribution is 6.31. The van der Waals surface area contributed by atoms with E-state index in [2.05, 4.69) is 16.0 Å². The van der Waals surface area contributed by atoms with E-state index >= 15 is 4.39 Å². The van der Waals surface area contributed by atoms with Crippen molar-refractivity contribution < 1.29 is 23.9 Å². The molecule has 10 heteroatoms. The Bertz CT molecular complexity index is 1440. The Morgan fingerprint density at radius 3 is 2.46 bits per heavy atom. The fraction of sp³-hybridized carbons (Fsp3) is 0.483. The first-order valence-electron chi connectivity index (χ1n) is 13.5. The summed E-state index contributed by atoms with van der Waals surface area (Å²) < 4.78 is 15.9. The molecule has 0 aromatic heterocycles. The second-order valence-corrected chi connectivity index (χ2v) is 13.1. The van der Waals surface area contributed by atoms with Gasteiger partial charge in [0.2, 0.25) is 11.8 Å². The molecule has 4 saturated carbocycles. The van der Waals surface area contributed by atoms with Gasteiger partial charge in [-0.05, 0) is 61.4 Å². The lowest BCUT2D eigenvalue weighted by molar-refractivity contribution is -0.200. The topological polar surface area (TPSA) is 108 Å². The largest absolute Gasteiger partial charge is 0.481 e. The maximum absolute atomic E-state index is 15.9. The summed E-state index contributed by atoms with van der Waals surface area (Å²) in [6.07, 6.45) is 5.12. The number of carboxylic acids is 1. The Morgan fingerprint density at radius 1 is 1.05 bits per heavy atom. The molecule has 0 radical (unpaired) electrons. The van der Waals surface area contributed by atoms with Gasteiger partial charge in [0.25, 0.3) is 0 Å². The van der Waals surface area contributed by atoms with Gasteiger partial charge in [-0.25, -0.2) is 4.39 Å². The van der Waals surface area contributed by atoms with Crippen LogP contribution in [-0.2, 0) is 19.8 Å². The molecule has 7 nitrogen and oxygen atoms in total. The maximum atomic E-state index is 15.9. The molecule has 5 fully saturated rings. The number of carbonyl (C=O) groups is 3. The van der Waals surface area contributed by atoms with E-state index in [9.17, 15) is 19.5 Å². The van der Waals surface area contributed by atoms with Crippen LogP contribution in [0, 0.1) is 11.2 Å². The number of amides is 2. The molecular formula is C29H28Cl2FN3O4. The quantitative estimate of drug-likeness (QED) is 0.417. The Labute approximate surface area is 234 Å². The summed E-state index contributed by atoms with van der Waals surface area (Å²) in [6, 6.07) is 9.01. The van der Waals surface area contributed by atoms with E-state index in [1.807, 2.05) is 6.07 Å². The molecule has 2 spiro atoms. The Hall–Kier alpha value is -2.68. The minimum Gasteiger partial charge on any atom is -0.481 e. The van der Waals surface area contributed by atoms with Gasteiger partial charge in [-0.2, -0.15) is 0 Å². The van der Waals surface area contributed by atoms with Crippen molar-refractivity contribution in [3.05, 3.63) is 63.4 Å². The van der Waals surface area contributed by atoms with Crippen LogP contribution in [0.25, 0.3) is 0 Å². The standard InChI is InChI=1S/C29H28Cl2FN3O4/c30-15-7-8-17-19(11-15)33-24(37)29(17)20(16-5-4-6-18(31)21(16)32)22(34-28(29)9-2-1-3-10-28)23(36)35-27-12-26(13-27,14-27)25(38)39/h4-8,11,20,22,34H,1-3,9-10,12-14H2,(H,33,37)(H,35,36)(H,38,39)/t20-,22+,26?,27?,29+/m0/s1. The lowest BCUT2D eigenvalue weighted by Gasteiger charge is -2.68. The molecule has 4 N–H and O–H groups in total. The molecule has 1 saturated heterocycles. The zero-order valence-corrected chi connectivity index (χ0v) is 22.6. The number of fused-ring (bicyclic) bond motifs is 3. The Kier molecular flexibility index (Phi) is 5.31. The third-order valence-electron chi connectivity index (χ3n) is 10.2. The van der Waals surface area contributed by atoms with Crippen LogP contribution in [0.5, 0.6) is 0 Å². The van der Waals surface area contributed by atoms with Crippen LogP contribution in [-0.4, -0.2) is 40.0 Å². The van der Waals surface area contributed by atoms with Gasteiger partial charge in [-0.15, -0.1) is 0 Å². The van der Waals surface area contributed by atoms with Crippen LogP contribution in [0.2, 0.25) is 10.0 Å². The first-order valence-corrected chi connectivity index (χ1v) is 14.2. The minimum absolute atomic E-state index is 0.0797. The second-order valence-electron chi connectivity index (χ2n) is 12.2. The molecule has 2 aliphatic heterocycles. The highest BCUT2D eigenvalue weighted by atomic mass is 35.5. The zero-order chi connectivity index (χ0) is 27.4. The van der Waals surface area contributed by atoms with Crippen LogP contribution >= 0.6 is 23.2 Å². The van der Waals surface area contributed by atoms with Gasteiger partial charge >= 0.3 is 5.97 Å². The number of nitrogens with one attached hydrogen (secondary N) is 3. The number of aliphatic carboxylic acids is 1. The van der Waals surface area contributed by atoms with Crippen molar-refractivity contribution in [3.63, 3.8) is 0 Å². The fourth-order valence-corrected chi connectivity index (χ4v) is 9.06. The zero-order valence-electron chi connectivity index (χ0n) is 21.1. The molecule has 0 unspecified atom stereocenters. The molecule has 2 heterocycles. The summed E-state index contributed by atoms with van der Waals surface area (Å²) >= 11 is 12.6. The number of hydrogen-bond donors (Lipinski definition) is 4. The summed E-state index contributed by atoms with van der Waals surface area (Å²) in [5.74, 6) is -3.03. The molecule has 3 atom stereocenters. The Morgan fingerprint density at radius 2 is 1.77 bits per heavy atom. The number of carboxylic acid groups (broad SMARTS) is 1. The van der Waals surface area contributed by atoms with Crippen LogP contribution in [0.15, 0.2) is 36.4 Å². The van der Waals surface area contributed by atoms with E-state index < -0.39 is 45.7 Å². The van der Waals surface area contributed by atoms with E-state index in [1.54, 1.807) is 24.3 Å². The molecule has 2 amide bonds. The number of carbonyl (C=O) groups excluding carboxylic acids is 2. The first-order chi connectivity index (χ1) is 18.6. The van der Waals surface area contributed by atoms with E-state index in [0.717, 1.165) is 19.3 Å². The van der Waals surface area contributed by atoms with Crippen molar-refractivity contribution in [2.45, 2.75) is 79.8 Å². The van der Waals surface area contributed by atoms with Crippen molar-refractivity contribution in [1.82, 2.24) is 10.6 Å². The molecule has 2 bridgehead atoms. The molecule has 2 aromatic rings. The van der Waals surface area contributed by atoms with E-state index in [-0.39, 0.29) is 22.4 Å². The summed E-state index contributed by atoms with van der Waals surface area (Å²) in [6.45, 7) is 0. The minimum atomic E-state index is -1.29. The highest BCUT2D eigenvalue weighted by Crippen LogP contribution is 2.68. The highest BCUT2D eigenvalue weighted by Gasteiger charge is 2.75. The van der Waals surface area contributed by atoms with Crippen molar-refractivity contribution in [1.29, 1.82) is 0 Å². The normalized spacial score (nSPS) is 35.2. The fourth-order valence-electron chi connectivity index (χ4n) is 8.70. The van der Waals surface area contributed by atoms with Crippen molar-refractivity contribution in [2.24, 2.45) is 5.41 Å². The first kappa shape index (κ1) is 25.3. The van der Waals surface area contributed by atoms with E-state index in [1.165, 1.54) is 6.07 Å². The number of benzene rings is 2. The van der Waals surface area contributed by atoms with Gasteiger partial charge in [0.05, 0.1) is 16.5 Å². The van der Waals surface area contributed by atoms with Gasteiger partial charge in [-0.3, -0.25) is 19.7 Å². The van der Waals surface area contributed by atoms with Crippen LogP contribution in [0.3, 0.4) is 0 Å². The third kappa shape index (κ3) is 3.16. The second kappa shape index (κ2) is 8.18. The third-order valence-corrected chi connectivity index (χ3v) is 10.7. The van der Waals surface area contributed by atoms with Crippen LogP contribution in [0.4, 0.5) is 10.1 Å². The molecule has 4 aliphatic carbocycles. The monoisotopic (exact) mass is 571 g/mol. The molecule has 8 rings (SSSR count). The molecule has 39 heavy (non-hydrogen) atoms. The predicted octanol–water partition coefficient (Wildman–Crippen LogP) is 4.90. The van der Waals surface area contributed by atoms with Crippen molar-refractivity contribution >= 4 is 46.7 Å². The lowest BCUT2D eigenvalue weighted by Crippen LogP contribution is -2.78. The van der Waals surface area contributed by atoms with Gasteiger partial charge in [0.1, 0.15) is 11.2 Å². The van der Waals surface area contributed by atoms with Gasteiger partial charge in [0.15, 0.2) is 0 Å².